The highest BCUT2D eigenvalue weighted by Crippen LogP contribution is 2.42. The standard InChI is InChI=1S/C21H24N4O/c1-4-14(2)22-10-7-11-25-15(3)17-12-24(21(25)26)13-19-20(17)16-8-5-6-9-18(16)23-19/h4-6,8-9,17,22-23H,1-3,7,10-13H2. The Morgan fingerprint density at radius 2 is 2.19 bits per heavy atom. The van der Waals surface area contributed by atoms with E-state index < -0.39 is 0 Å². The molecule has 1 aromatic heterocycles. The molecule has 1 atom stereocenters. The van der Waals surface area contributed by atoms with Crippen molar-refractivity contribution in [1.29, 1.82) is 0 Å². The van der Waals surface area contributed by atoms with Gasteiger partial charge in [0.15, 0.2) is 0 Å². The number of amides is 2. The molecule has 2 N–H and O–H groups in total. The molecule has 134 valence electrons. The van der Waals surface area contributed by atoms with Gasteiger partial charge in [0.2, 0.25) is 0 Å². The first-order valence-electron chi connectivity index (χ1n) is 9.00. The molecule has 2 amide bonds. The second-order valence-corrected chi connectivity index (χ2v) is 6.93. The molecule has 26 heavy (non-hydrogen) atoms. The summed E-state index contributed by atoms with van der Waals surface area (Å²) in [6.45, 7) is 14.6. The van der Waals surface area contributed by atoms with Crippen LogP contribution in [0.2, 0.25) is 0 Å². The summed E-state index contributed by atoms with van der Waals surface area (Å²) in [6.07, 6.45) is 2.53. The molecule has 0 saturated carbocycles. The van der Waals surface area contributed by atoms with E-state index in [1.165, 1.54) is 10.9 Å². The number of nitrogens with zero attached hydrogens (tertiary/aromatic N) is 2. The summed E-state index contributed by atoms with van der Waals surface area (Å²) < 4.78 is 0. The first-order chi connectivity index (χ1) is 12.6. The molecule has 3 heterocycles. The number of aromatic amines is 1. The molecule has 2 aliphatic heterocycles. The van der Waals surface area contributed by atoms with Crippen molar-refractivity contribution in [3.05, 3.63) is 72.7 Å². The van der Waals surface area contributed by atoms with Crippen LogP contribution in [0.4, 0.5) is 4.79 Å². The molecule has 1 saturated heterocycles. The SMILES string of the molecule is C=CC(=C)NCCCN1C(=C)C2CN(Cc3[nH]c4ccccc4c32)C1=O. The molecular formula is C21H24N4O. The predicted octanol–water partition coefficient (Wildman–Crippen LogP) is 3.70. The molecule has 1 fully saturated rings. The van der Waals surface area contributed by atoms with Gasteiger partial charge in [-0.15, -0.1) is 0 Å². The summed E-state index contributed by atoms with van der Waals surface area (Å²) in [5.74, 6) is 0.156. The lowest BCUT2D eigenvalue weighted by Crippen LogP contribution is -2.53. The average Bonchev–Trinajstić information content (AvgIpc) is 3.03. The molecule has 4 rings (SSSR count). The number of carbonyl (C=O) groups excluding carboxylic acids is 1. The highest BCUT2D eigenvalue weighted by Gasteiger charge is 2.41. The lowest BCUT2D eigenvalue weighted by molar-refractivity contribution is 0.131. The molecule has 0 radical (unpaired) electrons. The lowest BCUT2D eigenvalue weighted by atomic mass is 9.87. The van der Waals surface area contributed by atoms with E-state index in [1.807, 2.05) is 15.9 Å². The van der Waals surface area contributed by atoms with E-state index >= 15 is 0 Å². The summed E-state index contributed by atoms with van der Waals surface area (Å²) >= 11 is 0. The number of fused-ring (bicyclic) bond motifs is 6. The molecular weight excluding hydrogens is 324 g/mol. The van der Waals surface area contributed by atoms with E-state index in [1.54, 1.807) is 6.08 Å². The third-order valence-electron chi connectivity index (χ3n) is 5.34. The van der Waals surface area contributed by atoms with Crippen molar-refractivity contribution in [2.75, 3.05) is 19.6 Å². The second-order valence-electron chi connectivity index (χ2n) is 6.93. The normalized spacial score (nSPS) is 18.8. The minimum atomic E-state index is 0.0538. The second kappa shape index (κ2) is 6.41. The Morgan fingerprint density at radius 1 is 1.38 bits per heavy atom. The number of urea groups is 1. The van der Waals surface area contributed by atoms with Crippen LogP contribution in [-0.4, -0.2) is 40.4 Å². The summed E-state index contributed by atoms with van der Waals surface area (Å²) in [5.41, 5.74) is 5.28. The van der Waals surface area contributed by atoms with Gasteiger partial charge in [-0.3, -0.25) is 4.90 Å². The van der Waals surface area contributed by atoms with Gasteiger partial charge in [0.05, 0.1) is 6.54 Å². The number of allylic oxidation sites excluding steroid dienone is 1. The van der Waals surface area contributed by atoms with Crippen LogP contribution in [0.25, 0.3) is 10.9 Å². The van der Waals surface area contributed by atoms with E-state index in [4.69, 9.17) is 0 Å². The molecule has 2 aliphatic rings. The van der Waals surface area contributed by atoms with E-state index in [0.717, 1.165) is 35.6 Å². The Bertz CT molecular complexity index is 910. The average molecular weight is 348 g/mol. The maximum absolute atomic E-state index is 12.9. The van der Waals surface area contributed by atoms with Crippen LogP contribution in [0.5, 0.6) is 0 Å². The number of hydrogen-bond donors (Lipinski definition) is 2. The van der Waals surface area contributed by atoms with Crippen LogP contribution in [0.1, 0.15) is 23.6 Å². The van der Waals surface area contributed by atoms with Crippen molar-refractivity contribution < 1.29 is 4.79 Å². The summed E-state index contributed by atoms with van der Waals surface area (Å²) in [4.78, 5) is 20.1. The Labute approximate surface area is 153 Å². The van der Waals surface area contributed by atoms with Gasteiger partial charge in [-0.05, 0) is 24.1 Å². The van der Waals surface area contributed by atoms with E-state index in [-0.39, 0.29) is 11.9 Å². The van der Waals surface area contributed by atoms with Crippen molar-refractivity contribution in [3.8, 4) is 0 Å². The Kier molecular flexibility index (Phi) is 4.07. The highest BCUT2D eigenvalue weighted by molar-refractivity contribution is 5.88. The van der Waals surface area contributed by atoms with Crippen LogP contribution in [0.15, 0.2) is 61.5 Å². The van der Waals surface area contributed by atoms with Crippen LogP contribution < -0.4 is 5.32 Å². The molecule has 5 heteroatoms. The minimum Gasteiger partial charge on any atom is -0.385 e. The Balaban J connectivity index is 1.56. The minimum absolute atomic E-state index is 0.0538. The number of hydrogen-bond acceptors (Lipinski definition) is 2. The third-order valence-corrected chi connectivity index (χ3v) is 5.34. The van der Waals surface area contributed by atoms with Gasteiger partial charge in [0.1, 0.15) is 0 Å². The molecule has 5 nitrogen and oxygen atoms in total. The van der Waals surface area contributed by atoms with Gasteiger partial charge >= 0.3 is 6.03 Å². The summed E-state index contributed by atoms with van der Waals surface area (Å²) in [5, 5.41) is 4.43. The topological polar surface area (TPSA) is 51.4 Å². The maximum Gasteiger partial charge on any atom is 0.324 e. The maximum atomic E-state index is 12.9. The first kappa shape index (κ1) is 16.5. The highest BCUT2D eigenvalue weighted by atomic mass is 16.2. The molecule has 2 aromatic rings. The summed E-state index contributed by atoms with van der Waals surface area (Å²) in [6, 6.07) is 8.40. The predicted molar refractivity (Wildman–Crippen MR) is 105 cm³/mol. The number of benzene rings is 1. The van der Waals surface area contributed by atoms with Gasteiger partial charge in [-0.2, -0.15) is 0 Å². The number of para-hydroxylation sites is 1. The number of aromatic nitrogens is 1. The smallest absolute Gasteiger partial charge is 0.324 e. The van der Waals surface area contributed by atoms with E-state index in [9.17, 15) is 4.79 Å². The zero-order valence-electron chi connectivity index (χ0n) is 14.9. The number of carbonyl (C=O) groups is 1. The van der Waals surface area contributed by atoms with E-state index in [2.05, 4.69) is 48.2 Å². The zero-order chi connectivity index (χ0) is 18.3. The lowest BCUT2D eigenvalue weighted by Gasteiger charge is -2.45. The molecule has 0 spiro atoms. The first-order valence-corrected chi connectivity index (χ1v) is 9.00. The van der Waals surface area contributed by atoms with E-state index in [0.29, 0.717) is 19.6 Å². The van der Waals surface area contributed by atoms with Crippen LogP contribution >= 0.6 is 0 Å². The van der Waals surface area contributed by atoms with Gasteiger partial charge in [0, 0.05) is 53.5 Å². The fourth-order valence-corrected chi connectivity index (χ4v) is 4.01. The van der Waals surface area contributed by atoms with Crippen molar-refractivity contribution in [3.63, 3.8) is 0 Å². The van der Waals surface area contributed by atoms with Crippen molar-refractivity contribution in [1.82, 2.24) is 20.1 Å². The van der Waals surface area contributed by atoms with Crippen LogP contribution in [-0.2, 0) is 6.54 Å². The number of nitrogens with one attached hydrogen (secondary N) is 2. The third kappa shape index (κ3) is 2.60. The monoisotopic (exact) mass is 348 g/mol. The van der Waals surface area contributed by atoms with Crippen molar-refractivity contribution in [2.45, 2.75) is 18.9 Å². The molecule has 0 aliphatic carbocycles. The Hall–Kier alpha value is -2.95. The Morgan fingerprint density at radius 3 is 3.00 bits per heavy atom. The van der Waals surface area contributed by atoms with Gasteiger partial charge < -0.3 is 15.2 Å². The molecule has 1 unspecified atom stereocenters. The van der Waals surface area contributed by atoms with Gasteiger partial charge in [-0.1, -0.05) is 37.9 Å². The van der Waals surface area contributed by atoms with Gasteiger partial charge in [0.25, 0.3) is 0 Å². The fraction of sp³-hybridized carbons (Fsp3) is 0.286. The number of H-pyrrole nitrogens is 1. The van der Waals surface area contributed by atoms with Crippen LogP contribution in [0.3, 0.4) is 0 Å². The number of rotatable bonds is 6. The molecule has 2 bridgehead atoms. The largest absolute Gasteiger partial charge is 0.385 e. The van der Waals surface area contributed by atoms with Crippen molar-refractivity contribution in [2.24, 2.45) is 0 Å². The molecule has 1 aromatic carbocycles. The van der Waals surface area contributed by atoms with Gasteiger partial charge in [-0.25, -0.2) is 4.79 Å². The van der Waals surface area contributed by atoms with Crippen molar-refractivity contribution >= 4 is 16.9 Å². The van der Waals surface area contributed by atoms with Crippen LogP contribution in [0, 0.1) is 0 Å². The fourth-order valence-electron chi connectivity index (χ4n) is 4.01. The summed E-state index contributed by atoms with van der Waals surface area (Å²) in [7, 11) is 0. The quantitative estimate of drug-likeness (QED) is 0.618. The zero-order valence-corrected chi connectivity index (χ0v) is 14.9.